The Hall–Kier alpha value is -0.900. The van der Waals surface area contributed by atoms with Gasteiger partial charge in [-0.25, -0.2) is 0 Å². The average Bonchev–Trinajstić information content (AvgIpc) is 2.15. The first-order chi connectivity index (χ1) is 6.90. The van der Waals surface area contributed by atoms with E-state index in [0.29, 0.717) is 5.56 Å². The first-order valence-electron chi connectivity index (χ1n) is 5.03. The lowest BCUT2D eigenvalue weighted by Gasteiger charge is -2.24. The van der Waals surface area contributed by atoms with Crippen molar-refractivity contribution in [2.24, 2.45) is 0 Å². The van der Waals surface area contributed by atoms with Crippen molar-refractivity contribution in [3.05, 3.63) is 35.9 Å². The van der Waals surface area contributed by atoms with Gasteiger partial charge in [0, 0.05) is 6.42 Å². The van der Waals surface area contributed by atoms with Crippen LogP contribution >= 0.6 is 0 Å². The Morgan fingerprint density at radius 3 is 2.13 bits per heavy atom. The molecule has 2 atom stereocenters. The fourth-order valence-electron chi connectivity index (χ4n) is 1.50. The van der Waals surface area contributed by atoms with Crippen LogP contribution in [-0.2, 0) is 0 Å². The summed E-state index contributed by atoms with van der Waals surface area (Å²) in [6.45, 7) is 3.21. The second-order valence-electron chi connectivity index (χ2n) is 4.44. The lowest BCUT2D eigenvalue weighted by atomic mass is 9.94. The molecular weight excluding hydrogens is 192 g/mol. The van der Waals surface area contributed by atoms with Gasteiger partial charge >= 0.3 is 0 Å². The normalized spacial score (nSPS) is 16.1. The van der Waals surface area contributed by atoms with Crippen molar-refractivity contribution in [3.8, 4) is 0 Å². The van der Waals surface area contributed by atoms with E-state index < -0.39 is 17.8 Å². The Morgan fingerprint density at radius 1 is 1.13 bits per heavy atom. The maximum atomic E-state index is 9.79. The summed E-state index contributed by atoms with van der Waals surface area (Å²) in [7, 11) is 0. The predicted octanol–water partition coefficient (Wildman–Crippen LogP) is 1.24. The molecule has 0 radical (unpaired) electrons. The highest BCUT2D eigenvalue weighted by atomic mass is 16.3. The van der Waals surface area contributed by atoms with E-state index in [9.17, 15) is 15.3 Å². The van der Waals surface area contributed by atoms with E-state index in [1.807, 2.05) is 6.07 Å². The molecule has 0 fully saturated rings. The highest BCUT2D eigenvalue weighted by Gasteiger charge is 2.25. The van der Waals surface area contributed by atoms with Gasteiger partial charge in [-0.15, -0.1) is 0 Å². The smallest absolute Gasteiger partial charge is 0.105 e. The van der Waals surface area contributed by atoms with Crippen molar-refractivity contribution in [3.63, 3.8) is 0 Å². The van der Waals surface area contributed by atoms with Gasteiger partial charge in [-0.05, 0) is 19.4 Å². The maximum Gasteiger partial charge on any atom is 0.105 e. The number of hydrogen-bond acceptors (Lipinski definition) is 3. The lowest BCUT2D eigenvalue weighted by molar-refractivity contribution is -0.0404. The van der Waals surface area contributed by atoms with Crippen molar-refractivity contribution in [1.29, 1.82) is 0 Å². The monoisotopic (exact) mass is 210 g/mol. The van der Waals surface area contributed by atoms with Crippen LogP contribution in [0.4, 0.5) is 0 Å². The number of rotatable bonds is 4. The predicted molar refractivity (Wildman–Crippen MR) is 58.3 cm³/mol. The molecule has 3 N–H and O–H groups in total. The fourth-order valence-corrected chi connectivity index (χ4v) is 1.50. The second-order valence-corrected chi connectivity index (χ2v) is 4.44. The highest BCUT2D eigenvalue weighted by molar-refractivity contribution is 5.18. The summed E-state index contributed by atoms with van der Waals surface area (Å²) in [4.78, 5) is 0. The van der Waals surface area contributed by atoms with E-state index in [4.69, 9.17) is 0 Å². The molecular formula is C12H18O3. The largest absolute Gasteiger partial charge is 0.390 e. The van der Waals surface area contributed by atoms with Gasteiger partial charge in [-0.3, -0.25) is 0 Å². The summed E-state index contributed by atoms with van der Waals surface area (Å²) in [5.74, 6) is 0. The van der Waals surface area contributed by atoms with E-state index >= 15 is 0 Å². The Balaban J connectivity index is 2.65. The fraction of sp³-hybridized carbons (Fsp3) is 0.500. The molecule has 1 rings (SSSR count). The van der Waals surface area contributed by atoms with Crippen LogP contribution in [0.1, 0.15) is 31.9 Å². The van der Waals surface area contributed by atoms with E-state index in [-0.39, 0.29) is 6.42 Å². The third kappa shape index (κ3) is 4.00. The van der Waals surface area contributed by atoms with Crippen molar-refractivity contribution in [2.45, 2.75) is 38.1 Å². The SMILES string of the molecule is CC(C)(O)CC(O)C(O)c1ccccc1. The van der Waals surface area contributed by atoms with Gasteiger partial charge in [0.25, 0.3) is 0 Å². The standard InChI is InChI=1S/C12H18O3/c1-12(2,15)8-10(13)11(14)9-6-4-3-5-7-9/h3-7,10-11,13-15H,8H2,1-2H3. The molecule has 1 aromatic carbocycles. The molecule has 84 valence electrons. The van der Waals surface area contributed by atoms with Crippen molar-refractivity contribution in [2.75, 3.05) is 0 Å². The molecule has 3 heteroatoms. The van der Waals surface area contributed by atoms with Crippen LogP contribution in [0.5, 0.6) is 0 Å². The Morgan fingerprint density at radius 2 is 1.67 bits per heavy atom. The summed E-state index contributed by atoms with van der Waals surface area (Å²) in [6.07, 6.45) is -1.76. The number of aliphatic hydroxyl groups excluding tert-OH is 2. The Kier molecular flexibility index (Phi) is 3.85. The van der Waals surface area contributed by atoms with Gasteiger partial charge in [-0.2, -0.15) is 0 Å². The molecule has 0 spiro atoms. The molecule has 0 aromatic heterocycles. The minimum atomic E-state index is -0.977. The summed E-state index contributed by atoms with van der Waals surface area (Å²) in [6, 6.07) is 8.94. The molecule has 0 aliphatic heterocycles. The molecule has 0 heterocycles. The molecule has 0 bridgehead atoms. The molecule has 0 aliphatic carbocycles. The highest BCUT2D eigenvalue weighted by Crippen LogP contribution is 2.22. The van der Waals surface area contributed by atoms with E-state index in [1.165, 1.54) is 0 Å². The van der Waals surface area contributed by atoms with Crippen LogP contribution in [0.2, 0.25) is 0 Å². The summed E-state index contributed by atoms with van der Waals surface area (Å²) in [5, 5.41) is 29.0. The van der Waals surface area contributed by atoms with E-state index in [0.717, 1.165) is 0 Å². The zero-order chi connectivity index (χ0) is 11.5. The Bertz CT molecular complexity index is 289. The van der Waals surface area contributed by atoms with Crippen molar-refractivity contribution < 1.29 is 15.3 Å². The number of aliphatic hydroxyl groups is 3. The van der Waals surface area contributed by atoms with Gasteiger partial charge in [0.1, 0.15) is 6.10 Å². The van der Waals surface area contributed by atoms with Gasteiger partial charge in [0.05, 0.1) is 11.7 Å². The number of benzene rings is 1. The van der Waals surface area contributed by atoms with E-state index in [2.05, 4.69) is 0 Å². The third-order valence-corrected chi connectivity index (χ3v) is 2.21. The van der Waals surface area contributed by atoms with Crippen molar-refractivity contribution >= 4 is 0 Å². The third-order valence-electron chi connectivity index (χ3n) is 2.21. The van der Waals surface area contributed by atoms with Crippen molar-refractivity contribution in [1.82, 2.24) is 0 Å². The first kappa shape index (κ1) is 12.2. The minimum absolute atomic E-state index is 0.142. The molecule has 15 heavy (non-hydrogen) atoms. The second kappa shape index (κ2) is 4.75. The summed E-state index contributed by atoms with van der Waals surface area (Å²) in [5.41, 5.74) is -0.316. The molecule has 1 aromatic rings. The number of hydrogen-bond donors (Lipinski definition) is 3. The molecule has 0 aliphatic rings. The van der Waals surface area contributed by atoms with Gasteiger partial charge in [-0.1, -0.05) is 30.3 Å². The summed E-state index contributed by atoms with van der Waals surface area (Å²) < 4.78 is 0. The Labute approximate surface area is 90.0 Å². The molecule has 3 nitrogen and oxygen atoms in total. The minimum Gasteiger partial charge on any atom is -0.390 e. The molecule has 0 saturated carbocycles. The van der Waals surface area contributed by atoms with Gasteiger partial charge in [0.2, 0.25) is 0 Å². The molecule has 0 amide bonds. The van der Waals surface area contributed by atoms with Crippen LogP contribution in [0.15, 0.2) is 30.3 Å². The average molecular weight is 210 g/mol. The lowest BCUT2D eigenvalue weighted by Crippen LogP contribution is -2.30. The summed E-state index contributed by atoms with van der Waals surface area (Å²) >= 11 is 0. The molecule has 2 unspecified atom stereocenters. The maximum absolute atomic E-state index is 9.79. The van der Waals surface area contributed by atoms with Crippen LogP contribution in [0.25, 0.3) is 0 Å². The van der Waals surface area contributed by atoms with Crippen LogP contribution in [-0.4, -0.2) is 27.0 Å². The van der Waals surface area contributed by atoms with Crippen LogP contribution < -0.4 is 0 Å². The first-order valence-corrected chi connectivity index (χ1v) is 5.03. The van der Waals surface area contributed by atoms with Gasteiger partial charge < -0.3 is 15.3 Å². The van der Waals surface area contributed by atoms with Crippen LogP contribution in [0.3, 0.4) is 0 Å². The van der Waals surface area contributed by atoms with Gasteiger partial charge in [0.15, 0.2) is 0 Å². The van der Waals surface area contributed by atoms with E-state index in [1.54, 1.807) is 38.1 Å². The topological polar surface area (TPSA) is 60.7 Å². The van der Waals surface area contributed by atoms with Crippen LogP contribution in [0, 0.1) is 0 Å². The zero-order valence-corrected chi connectivity index (χ0v) is 9.09. The quantitative estimate of drug-likeness (QED) is 0.700. The molecule has 0 saturated heterocycles. The zero-order valence-electron chi connectivity index (χ0n) is 9.09.